The Morgan fingerprint density at radius 2 is 1.79 bits per heavy atom. The van der Waals surface area contributed by atoms with Crippen LogP contribution >= 0.6 is 0 Å². The fourth-order valence-corrected chi connectivity index (χ4v) is 3.57. The molecule has 1 heterocycles. The van der Waals surface area contributed by atoms with Gasteiger partial charge in [0.25, 0.3) is 11.8 Å². The lowest BCUT2D eigenvalue weighted by atomic mass is 9.99. The Bertz CT molecular complexity index is 1400. The van der Waals surface area contributed by atoms with Gasteiger partial charge in [0.05, 0.1) is 18.4 Å². The van der Waals surface area contributed by atoms with Crippen molar-refractivity contribution in [1.29, 1.82) is 0 Å². The van der Waals surface area contributed by atoms with Crippen LogP contribution in [0.5, 0.6) is 5.75 Å². The molecule has 0 atom stereocenters. The number of imide groups is 2. The fourth-order valence-electron chi connectivity index (χ4n) is 3.57. The minimum Gasteiger partial charge on any atom is -0.480 e. The number of ether oxygens (including phenoxy) is 2. The van der Waals surface area contributed by atoms with Gasteiger partial charge in [-0.3, -0.25) is 14.9 Å². The smallest absolute Gasteiger partial charge is 0.337 e. The molecule has 34 heavy (non-hydrogen) atoms. The second kappa shape index (κ2) is 9.30. The van der Waals surface area contributed by atoms with Crippen molar-refractivity contribution < 1.29 is 28.7 Å². The van der Waals surface area contributed by atoms with E-state index in [-0.39, 0.29) is 23.4 Å². The molecule has 1 fully saturated rings. The van der Waals surface area contributed by atoms with Crippen molar-refractivity contribution in [3.05, 3.63) is 77.4 Å². The number of terminal acetylenes is 1. The summed E-state index contributed by atoms with van der Waals surface area (Å²) in [6, 6.07) is 15.7. The van der Waals surface area contributed by atoms with Crippen molar-refractivity contribution in [2.75, 3.05) is 18.6 Å². The quantitative estimate of drug-likeness (QED) is 0.275. The number of benzene rings is 3. The normalized spacial score (nSPS) is 14.6. The summed E-state index contributed by atoms with van der Waals surface area (Å²) in [4.78, 5) is 51.0. The SMILES string of the molecule is C#CCOc1ccc2ccccc2c1C=C1C(=O)NC(=O)N(c2ccc(C(=O)OC)cc2)C1=O. The van der Waals surface area contributed by atoms with Gasteiger partial charge >= 0.3 is 12.0 Å². The number of esters is 1. The number of hydrogen-bond acceptors (Lipinski definition) is 6. The van der Waals surface area contributed by atoms with Gasteiger partial charge in [0.15, 0.2) is 0 Å². The minimum atomic E-state index is -0.903. The van der Waals surface area contributed by atoms with Crippen LogP contribution in [0.2, 0.25) is 0 Å². The number of nitrogens with zero attached hydrogens (tertiary/aromatic N) is 1. The summed E-state index contributed by atoms with van der Waals surface area (Å²) in [7, 11) is 1.25. The van der Waals surface area contributed by atoms with E-state index in [1.165, 1.54) is 37.5 Å². The van der Waals surface area contributed by atoms with E-state index in [9.17, 15) is 19.2 Å². The summed E-state index contributed by atoms with van der Waals surface area (Å²) >= 11 is 0. The van der Waals surface area contributed by atoms with E-state index in [1.807, 2.05) is 30.3 Å². The van der Waals surface area contributed by atoms with Crippen molar-refractivity contribution in [1.82, 2.24) is 5.32 Å². The van der Waals surface area contributed by atoms with E-state index in [0.29, 0.717) is 11.3 Å². The Labute approximate surface area is 194 Å². The van der Waals surface area contributed by atoms with Gasteiger partial charge in [-0.1, -0.05) is 36.3 Å². The van der Waals surface area contributed by atoms with Crippen molar-refractivity contribution in [2.24, 2.45) is 0 Å². The molecular weight excluding hydrogens is 436 g/mol. The van der Waals surface area contributed by atoms with Crippen molar-refractivity contribution >= 4 is 46.4 Å². The molecular formula is C26H18N2O6. The van der Waals surface area contributed by atoms with Crippen LogP contribution in [0, 0.1) is 12.3 Å². The van der Waals surface area contributed by atoms with E-state index in [0.717, 1.165) is 15.7 Å². The number of carbonyl (C=O) groups is 4. The van der Waals surface area contributed by atoms with Crippen LogP contribution in [0.15, 0.2) is 66.2 Å². The van der Waals surface area contributed by atoms with Gasteiger partial charge in [-0.05, 0) is 47.2 Å². The van der Waals surface area contributed by atoms with Gasteiger partial charge in [0, 0.05) is 5.56 Å². The van der Waals surface area contributed by atoms with Crippen LogP contribution in [0.25, 0.3) is 16.8 Å². The van der Waals surface area contributed by atoms with Crippen LogP contribution in [0.4, 0.5) is 10.5 Å². The third-order valence-corrected chi connectivity index (χ3v) is 5.18. The monoisotopic (exact) mass is 454 g/mol. The summed E-state index contributed by atoms with van der Waals surface area (Å²) in [5.41, 5.74) is 0.630. The number of anilines is 1. The molecule has 4 rings (SSSR count). The number of fused-ring (bicyclic) bond motifs is 1. The van der Waals surface area contributed by atoms with Gasteiger partial charge in [0.1, 0.15) is 17.9 Å². The van der Waals surface area contributed by atoms with Gasteiger partial charge in [0.2, 0.25) is 0 Å². The molecule has 1 saturated heterocycles. The summed E-state index contributed by atoms with van der Waals surface area (Å²) in [5, 5.41) is 3.77. The molecule has 0 spiro atoms. The highest BCUT2D eigenvalue weighted by Crippen LogP contribution is 2.32. The molecule has 3 aromatic rings. The Kier molecular flexibility index (Phi) is 6.10. The predicted molar refractivity (Wildman–Crippen MR) is 125 cm³/mol. The van der Waals surface area contributed by atoms with Gasteiger partial charge in [-0.25, -0.2) is 14.5 Å². The molecule has 0 unspecified atom stereocenters. The number of barbiturate groups is 1. The molecule has 8 nitrogen and oxygen atoms in total. The second-order valence-electron chi connectivity index (χ2n) is 7.19. The number of carbonyl (C=O) groups excluding carboxylic acids is 4. The van der Waals surface area contributed by atoms with Gasteiger partial charge in [-0.2, -0.15) is 0 Å². The standard InChI is InChI=1S/C26H18N2O6/c1-3-14-34-22-13-10-16-6-4-5-7-19(16)20(22)15-21-23(29)27-26(32)28(24(21)30)18-11-8-17(9-12-18)25(31)33-2/h1,4-13,15H,14H2,2H3,(H,27,29,32). The summed E-state index contributed by atoms with van der Waals surface area (Å²) in [5.74, 6) is 0.548. The van der Waals surface area contributed by atoms with Crippen LogP contribution in [-0.4, -0.2) is 37.5 Å². The first-order chi connectivity index (χ1) is 16.4. The van der Waals surface area contributed by atoms with E-state index in [2.05, 4.69) is 16.0 Å². The molecule has 3 aromatic carbocycles. The van der Waals surface area contributed by atoms with Crippen LogP contribution in [-0.2, 0) is 14.3 Å². The van der Waals surface area contributed by atoms with E-state index < -0.39 is 23.8 Å². The highest BCUT2D eigenvalue weighted by atomic mass is 16.5. The first kappa shape index (κ1) is 22.3. The maximum Gasteiger partial charge on any atom is 0.337 e. The fraction of sp³-hybridized carbons (Fsp3) is 0.0769. The van der Waals surface area contributed by atoms with E-state index in [1.54, 1.807) is 6.07 Å². The summed E-state index contributed by atoms with van der Waals surface area (Å²) in [6.07, 6.45) is 6.70. The molecule has 1 N–H and O–H groups in total. The molecule has 1 aliphatic heterocycles. The number of amides is 4. The molecule has 4 amide bonds. The largest absolute Gasteiger partial charge is 0.480 e. The zero-order chi connectivity index (χ0) is 24.2. The topological polar surface area (TPSA) is 102 Å². The average molecular weight is 454 g/mol. The lowest BCUT2D eigenvalue weighted by molar-refractivity contribution is -0.122. The maximum atomic E-state index is 13.3. The molecule has 0 radical (unpaired) electrons. The van der Waals surface area contributed by atoms with E-state index >= 15 is 0 Å². The number of hydrogen-bond donors (Lipinski definition) is 1. The predicted octanol–water partition coefficient (Wildman–Crippen LogP) is 3.30. The Morgan fingerprint density at radius 1 is 1.06 bits per heavy atom. The highest BCUT2D eigenvalue weighted by molar-refractivity contribution is 6.39. The van der Waals surface area contributed by atoms with E-state index in [4.69, 9.17) is 11.2 Å². The molecule has 0 bridgehead atoms. The first-order valence-electron chi connectivity index (χ1n) is 10.1. The molecule has 0 aliphatic carbocycles. The van der Waals surface area contributed by atoms with Gasteiger partial charge < -0.3 is 9.47 Å². The molecule has 0 saturated carbocycles. The maximum absolute atomic E-state index is 13.3. The van der Waals surface area contributed by atoms with Crippen molar-refractivity contribution in [2.45, 2.75) is 0 Å². The number of rotatable bonds is 5. The summed E-state index contributed by atoms with van der Waals surface area (Å²) < 4.78 is 10.3. The number of urea groups is 1. The molecule has 8 heteroatoms. The van der Waals surface area contributed by atoms with Crippen molar-refractivity contribution in [3.63, 3.8) is 0 Å². The zero-order valence-corrected chi connectivity index (χ0v) is 18.0. The molecule has 1 aliphatic rings. The summed E-state index contributed by atoms with van der Waals surface area (Å²) in [6.45, 7) is -0.00812. The second-order valence-corrected chi connectivity index (χ2v) is 7.19. The minimum absolute atomic E-state index is 0.00812. The number of methoxy groups -OCH3 is 1. The third-order valence-electron chi connectivity index (χ3n) is 5.18. The van der Waals surface area contributed by atoms with Gasteiger partial charge in [-0.15, -0.1) is 6.42 Å². The molecule has 168 valence electrons. The Balaban J connectivity index is 1.79. The number of nitrogens with one attached hydrogen (secondary N) is 1. The first-order valence-corrected chi connectivity index (χ1v) is 10.1. The van der Waals surface area contributed by atoms with Crippen molar-refractivity contribution in [3.8, 4) is 18.1 Å². The molecule has 0 aromatic heterocycles. The van der Waals surface area contributed by atoms with Crippen LogP contribution in [0.1, 0.15) is 15.9 Å². The lowest BCUT2D eigenvalue weighted by Crippen LogP contribution is -2.54. The zero-order valence-electron chi connectivity index (χ0n) is 18.0. The highest BCUT2D eigenvalue weighted by Gasteiger charge is 2.37. The Hall–Kier alpha value is -4.90. The van der Waals surface area contributed by atoms with Crippen LogP contribution < -0.4 is 15.0 Å². The lowest BCUT2D eigenvalue weighted by Gasteiger charge is -2.26. The average Bonchev–Trinajstić information content (AvgIpc) is 2.85. The third kappa shape index (κ3) is 4.10. The van der Waals surface area contributed by atoms with Crippen LogP contribution in [0.3, 0.4) is 0 Å². The Morgan fingerprint density at radius 3 is 2.50 bits per heavy atom.